The molecule has 24 heavy (non-hydrogen) atoms. The molecule has 0 fully saturated rings. The van der Waals surface area contributed by atoms with Crippen molar-refractivity contribution in [2.75, 3.05) is 10.6 Å². The SMILES string of the molecule is Cc1ccc(-c2nnc(NC(=O)Nc3cccc(Cl)c3)s2)cc1C. The lowest BCUT2D eigenvalue weighted by molar-refractivity contribution is 0.262. The van der Waals surface area contributed by atoms with Gasteiger partial charge in [0.25, 0.3) is 0 Å². The van der Waals surface area contributed by atoms with Crippen molar-refractivity contribution in [1.29, 1.82) is 0 Å². The van der Waals surface area contributed by atoms with E-state index in [1.54, 1.807) is 24.3 Å². The number of amides is 2. The number of aryl methyl sites for hydroxylation is 2. The Labute approximate surface area is 148 Å². The minimum atomic E-state index is -0.389. The van der Waals surface area contributed by atoms with Crippen molar-refractivity contribution in [3.63, 3.8) is 0 Å². The largest absolute Gasteiger partial charge is 0.325 e. The van der Waals surface area contributed by atoms with Crippen molar-refractivity contribution in [1.82, 2.24) is 10.2 Å². The lowest BCUT2D eigenvalue weighted by atomic mass is 10.1. The van der Waals surface area contributed by atoms with Crippen LogP contribution >= 0.6 is 22.9 Å². The van der Waals surface area contributed by atoms with Gasteiger partial charge in [0.2, 0.25) is 5.13 Å². The number of nitrogens with zero attached hydrogens (tertiary/aromatic N) is 2. The van der Waals surface area contributed by atoms with E-state index < -0.39 is 0 Å². The molecule has 0 aliphatic carbocycles. The maximum Gasteiger partial charge on any atom is 0.325 e. The van der Waals surface area contributed by atoms with Crippen LogP contribution in [0.15, 0.2) is 42.5 Å². The van der Waals surface area contributed by atoms with E-state index in [-0.39, 0.29) is 6.03 Å². The molecular weight excluding hydrogens is 344 g/mol. The molecule has 2 amide bonds. The number of hydrogen-bond acceptors (Lipinski definition) is 4. The Bertz CT molecular complexity index is 894. The van der Waals surface area contributed by atoms with Gasteiger partial charge in [-0.3, -0.25) is 5.32 Å². The predicted octanol–water partition coefficient (Wildman–Crippen LogP) is 5.12. The summed E-state index contributed by atoms with van der Waals surface area (Å²) in [6.45, 7) is 4.11. The fourth-order valence-electron chi connectivity index (χ4n) is 2.09. The van der Waals surface area contributed by atoms with Gasteiger partial charge in [0.1, 0.15) is 5.01 Å². The first-order valence-electron chi connectivity index (χ1n) is 7.26. The van der Waals surface area contributed by atoms with Crippen LogP contribution in [-0.2, 0) is 0 Å². The van der Waals surface area contributed by atoms with Crippen molar-refractivity contribution >= 4 is 39.8 Å². The van der Waals surface area contributed by atoms with Crippen LogP contribution in [0.25, 0.3) is 10.6 Å². The molecule has 0 saturated carbocycles. The highest BCUT2D eigenvalue weighted by Gasteiger charge is 2.10. The average molecular weight is 359 g/mol. The fraction of sp³-hybridized carbons (Fsp3) is 0.118. The molecule has 7 heteroatoms. The zero-order valence-electron chi connectivity index (χ0n) is 13.1. The molecule has 3 aromatic rings. The van der Waals surface area contributed by atoms with Gasteiger partial charge >= 0.3 is 6.03 Å². The Morgan fingerprint density at radius 3 is 2.62 bits per heavy atom. The number of aromatic nitrogens is 2. The third-order valence-corrected chi connectivity index (χ3v) is 4.60. The van der Waals surface area contributed by atoms with E-state index in [4.69, 9.17) is 11.6 Å². The van der Waals surface area contributed by atoms with Crippen molar-refractivity contribution in [2.24, 2.45) is 0 Å². The van der Waals surface area contributed by atoms with Crippen LogP contribution < -0.4 is 10.6 Å². The summed E-state index contributed by atoms with van der Waals surface area (Å²) in [5.41, 5.74) is 4.01. The van der Waals surface area contributed by atoms with Crippen molar-refractivity contribution in [3.8, 4) is 10.6 Å². The molecule has 0 atom stereocenters. The van der Waals surface area contributed by atoms with Crippen molar-refractivity contribution < 1.29 is 4.79 Å². The number of halogens is 1. The van der Waals surface area contributed by atoms with E-state index in [9.17, 15) is 4.79 Å². The van der Waals surface area contributed by atoms with Crippen LogP contribution in [-0.4, -0.2) is 16.2 Å². The number of carbonyl (C=O) groups excluding carboxylic acids is 1. The van der Waals surface area contributed by atoms with Gasteiger partial charge in [-0.15, -0.1) is 10.2 Å². The summed E-state index contributed by atoms with van der Waals surface area (Å²) in [7, 11) is 0. The Morgan fingerprint density at radius 1 is 1.04 bits per heavy atom. The smallest absolute Gasteiger partial charge is 0.308 e. The molecule has 3 rings (SSSR count). The summed E-state index contributed by atoms with van der Waals surface area (Å²) < 4.78 is 0. The summed E-state index contributed by atoms with van der Waals surface area (Å²) in [6, 6.07) is 12.6. The number of urea groups is 1. The molecule has 1 heterocycles. The van der Waals surface area contributed by atoms with Crippen LogP contribution in [0.3, 0.4) is 0 Å². The van der Waals surface area contributed by atoms with Gasteiger partial charge in [-0.05, 0) is 49.2 Å². The molecule has 0 spiro atoms. The van der Waals surface area contributed by atoms with E-state index in [1.807, 2.05) is 12.1 Å². The summed E-state index contributed by atoms with van der Waals surface area (Å²) in [5.74, 6) is 0. The second kappa shape index (κ2) is 6.98. The fourth-order valence-corrected chi connectivity index (χ4v) is 3.02. The number of carbonyl (C=O) groups is 1. The molecule has 0 aliphatic heterocycles. The van der Waals surface area contributed by atoms with Gasteiger partial charge in [-0.1, -0.05) is 41.1 Å². The molecule has 1 aromatic heterocycles. The molecule has 0 aliphatic rings. The molecule has 122 valence electrons. The summed E-state index contributed by atoms with van der Waals surface area (Å²) >= 11 is 7.21. The third kappa shape index (κ3) is 3.90. The second-order valence-electron chi connectivity index (χ2n) is 5.30. The zero-order chi connectivity index (χ0) is 17.1. The van der Waals surface area contributed by atoms with Crippen molar-refractivity contribution in [2.45, 2.75) is 13.8 Å². The number of benzene rings is 2. The maximum absolute atomic E-state index is 12.0. The summed E-state index contributed by atoms with van der Waals surface area (Å²) in [5, 5.41) is 15.3. The zero-order valence-corrected chi connectivity index (χ0v) is 14.7. The minimum Gasteiger partial charge on any atom is -0.308 e. The number of anilines is 2. The third-order valence-electron chi connectivity index (χ3n) is 3.48. The van der Waals surface area contributed by atoms with Gasteiger partial charge < -0.3 is 5.32 Å². The Hall–Kier alpha value is -2.44. The monoisotopic (exact) mass is 358 g/mol. The number of hydrogen-bond donors (Lipinski definition) is 2. The number of rotatable bonds is 3. The highest BCUT2D eigenvalue weighted by molar-refractivity contribution is 7.18. The average Bonchev–Trinajstić information content (AvgIpc) is 2.98. The minimum absolute atomic E-state index is 0.389. The van der Waals surface area contributed by atoms with Gasteiger partial charge in [0.15, 0.2) is 0 Å². The van der Waals surface area contributed by atoms with Crippen LogP contribution in [0.4, 0.5) is 15.6 Å². The van der Waals surface area contributed by atoms with Crippen LogP contribution in [0.2, 0.25) is 5.02 Å². The quantitative estimate of drug-likeness (QED) is 0.682. The van der Waals surface area contributed by atoms with Crippen LogP contribution in [0.1, 0.15) is 11.1 Å². The molecule has 2 N–H and O–H groups in total. The maximum atomic E-state index is 12.0. The van der Waals surface area contributed by atoms with Crippen LogP contribution in [0.5, 0.6) is 0 Å². The van der Waals surface area contributed by atoms with Gasteiger partial charge in [-0.2, -0.15) is 0 Å². The topological polar surface area (TPSA) is 66.9 Å². The van der Waals surface area contributed by atoms with Crippen molar-refractivity contribution in [3.05, 3.63) is 58.6 Å². The van der Waals surface area contributed by atoms with Crippen LogP contribution in [0, 0.1) is 13.8 Å². The predicted molar refractivity (Wildman–Crippen MR) is 98.9 cm³/mol. The van der Waals surface area contributed by atoms with E-state index in [2.05, 4.69) is 40.7 Å². The Kier molecular flexibility index (Phi) is 4.78. The molecular formula is C17H15ClN4OS. The van der Waals surface area contributed by atoms with E-state index in [1.165, 1.54) is 22.5 Å². The lowest BCUT2D eigenvalue weighted by Gasteiger charge is -2.05. The standard InChI is InChI=1S/C17H15ClN4OS/c1-10-6-7-12(8-11(10)2)15-21-22-17(24-15)20-16(23)19-14-5-3-4-13(18)9-14/h3-9H,1-2H3,(H2,19,20,22,23). The normalized spacial score (nSPS) is 10.5. The number of nitrogens with one attached hydrogen (secondary N) is 2. The van der Waals surface area contributed by atoms with E-state index in [0.717, 1.165) is 10.6 Å². The highest BCUT2D eigenvalue weighted by Crippen LogP contribution is 2.27. The summed E-state index contributed by atoms with van der Waals surface area (Å²) in [4.78, 5) is 12.0. The van der Waals surface area contributed by atoms with Gasteiger partial charge in [-0.25, -0.2) is 4.79 Å². The summed E-state index contributed by atoms with van der Waals surface area (Å²) in [6.07, 6.45) is 0. The van der Waals surface area contributed by atoms with Gasteiger partial charge in [0, 0.05) is 16.3 Å². The lowest BCUT2D eigenvalue weighted by Crippen LogP contribution is -2.19. The Morgan fingerprint density at radius 2 is 1.88 bits per heavy atom. The molecule has 0 bridgehead atoms. The molecule has 0 saturated heterocycles. The van der Waals surface area contributed by atoms with Gasteiger partial charge in [0.05, 0.1) is 0 Å². The first-order chi connectivity index (χ1) is 11.5. The first kappa shape index (κ1) is 16.4. The Balaban J connectivity index is 1.69. The molecule has 2 aromatic carbocycles. The second-order valence-corrected chi connectivity index (χ2v) is 6.71. The molecule has 0 unspecified atom stereocenters. The highest BCUT2D eigenvalue weighted by atomic mass is 35.5. The van der Waals surface area contributed by atoms with E-state index in [0.29, 0.717) is 15.8 Å². The molecule has 5 nitrogen and oxygen atoms in total. The van der Waals surface area contributed by atoms with E-state index >= 15 is 0 Å². The first-order valence-corrected chi connectivity index (χ1v) is 8.45. The molecule has 0 radical (unpaired) electrons.